The maximum Gasteiger partial charge on any atom is 0.418 e. The topological polar surface area (TPSA) is 136 Å². The van der Waals surface area contributed by atoms with E-state index in [1.807, 2.05) is 20.8 Å². The van der Waals surface area contributed by atoms with Crippen molar-refractivity contribution in [2.75, 3.05) is 26.3 Å². The van der Waals surface area contributed by atoms with E-state index < -0.39 is 52.9 Å². The zero-order chi connectivity index (χ0) is 40.6. The third kappa shape index (κ3) is 10.4. The van der Waals surface area contributed by atoms with Crippen molar-refractivity contribution in [3.05, 3.63) is 70.7 Å². The first-order chi connectivity index (χ1) is 26.7. The van der Waals surface area contributed by atoms with Crippen molar-refractivity contribution < 1.29 is 36.7 Å². The number of amides is 3. The van der Waals surface area contributed by atoms with E-state index in [4.69, 9.17) is 17.0 Å². The van der Waals surface area contributed by atoms with Gasteiger partial charge in [0, 0.05) is 49.8 Å². The molecule has 6 N–H and O–H groups in total. The normalized spacial score (nSPS) is 19.6. The molecule has 10 nitrogen and oxygen atoms in total. The van der Waals surface area contributed by atoms with Gasteiger partial charge in [-0.3, -0.25) is 14.4 Å². The summed E-state index contributed by atoms with van der Waals surface area (Å²) in [5.74, 6) is -2.19. The minimum Gasteiger partial charge on any atom is -0.381 e. The number of para-hydroxylation sites is 1. The van der Waals surface area contributed by atoms with Crippen LogP contribution in [0.5, 0.6) is 0 Å². The van der Waals surface area contributed by atoms with Crippen LogP contribution < -0.4 is 26.6 Å². The quantitative estimate of drug-likeness (QED) is 0.0837. The molecule has 5 atom stereocenters. The fourth-order valence-corrected chi connectivity index (χ4v) is 7.72. The molecule has 0 radical (unpaired) electrons. The number of thiocarbonyl (C=S) groups is 1. The number of aryl methyl sites for hydroxylation is 1. The van der Waals surface area contributed by atoms with Crippen LogP contribution in [0.2, 0.25) is 0 Å². The largest absolute Gasteiger partial charge is 0.418 e. The first-order valence-electron chi connectivity index (χ1n) is 19.6. The lowest BCUT2D eigenvalue weighted by Crippen LogP contribution is -2.67. The number of ether oxygens (including phenoxy) is 1. The highest BCUT2D eigenvalue weighted by atomic mass is 32.1. The standard InChI is InChI=1S/C41H54F4N6O4S/c1-5-24(3)33(23-47-39(56)46-22-26-15-18-55-19-16-26)49-38(54)40(17-14-32-29(21-40)28-11-9-12-30(36(28)48-32)41(43,44)45)51-37(53)35(25(4)6-2)50-34(52)20-27-10-7-8-13-31(27)42/h7-13,24-26,33,35,48H,5-6,14-23H2,1-4H3,(H,49,54)(H,50,52)(H,51,53)(H2,46,47,56)/t24?,25?,33-,35+,40-/m1/s1. The zero-order valence-electron chi connectivity index (χ0n) is 32.5. The molecule has 5 rings (SSSR count). The van der Waals surface area contributed by atoms with E-state index in [1.54, 1.807) is 19.1 Å². The number of rotatable bonds is 15. The number of hydrogen-bond donors (Lipinski definition) is 6. The summed E-state index contributed by atoms with van der Waals surface area (Å²) >= 11 is 5.58. The molecule has 3 amide bonds. The van der Waals surface area contributed by atoms with Crippen LogP contribution in [-0.4, -0.2) is 71.7 Å². The second-order valence-corrected chi connectivity index (χ2v) is 15.8. The number of nitrogens with one attached hydrogen (secondary N) is 6. The van der Waals surface area contributed by atoms with E-state index in [0.29, 0.717) is 66.8 Å². The highest BCUT2D eigenvalue weighted by Gasteiger charge is 2.47. The van der Waals surface area contributed by atoms with E-state index in [9.17, 15) is 31.9 Å². The lowest BCUT2D eigenvalue weighted by molar-refractivity contribution is -0.137. The molecule has 1 aliphatic heterocycles. The van der Waals surface area contributed by atoms with Gasteiger partial charge >= 0.3 is 6.18 Å². The number of alkyl halides is 3. The molecule has 2 unspecified atom stereocenters. The number of halogens is 4. The van der Waals surface area contributed by atoms with Crippen molar-refractivity contribution in [2.45, 2.75) is 103 Å². The number of aromatic amines is 1. The van der Waals surface area contributed by atoms with Gasteiger partial charge in [-0.2, -0.15) is 13.2 Å². The maximum atomic E-state index is 14.8. The van der Waals surface area contributed by atoms with Crippen LogP contribution in [0.4, 0.5) is 17.6 Å². The highest BCUT2D eigenvalue weighted by Crippen LogP contribution is 2.40. The third-order valence-electron chi connectivity index (χ3n) is 11.6. The number of benzene rings is 2. The molecular weight excluding hydrogens is 749 g/mol. The minimum absolute atomic E-state index is 0.0235. The van der Waals surface area contributed by atoms with E-state index in [-0.39, 0.29) is 48.6 Å². The summed E-state index contributed by atoms with van der Waals surface area (Å²) in [4.78, 5) is 45.4. The summed E-state index contributed by atoms with van der Waals surface area (Å²) in [5.41, 5.74) is -1.25. The van der Waals surface area contributed by atoms with Crippen molar-refractivity contribution >= 4 is 46.0 Å². The summed E-state index contributed by atoms with van der Waals surface area (Å²) in [7, 11) is 0. The average Bonchev–Trinajstić information content (AvgIpc) is 3.55. The minimum atomic E-state index is -4.61. The monoisotopic (exact) mass is 802 g/mol. The van der Waals surface area contributed by atoms with E-state index in [0.717, 1.165) is 18.9 Å². The summed E-state index contributed by atoms with van der Waals surface area (Å²) in [6.45, 7) is 10.1. The van der Waals surface area contributed by atoms with Crippen LogP contribution in [0.3, 0.4) is 0 Å². The molecule has 2 heterocycles. The van der Waals surface area contributed by atoms with Crippen LogP contribution >= 0.6 is 12.2 Å². The Kier molecular flexibility index (Phi) is 14.4. The maximum absolute atomic E-state index is 14.8. The Hall–Kier alpha value is -4.24. The van der Waals surface area contributed by atoms with Gasteiger partial charge in [0.1, 0.15) is 17.4 Å². The fourth-order valence-electron chi connectivity index (χ4n) is 7.56. The van der Waals surface area contributed by atoms with Crippen LogP contribution in [0.1, 0.15) is 82.2 Å². The molecule has 0 bridgehead atoms. The number of aromatic nitrogens is 1. The molecular formula is C41H54F4N6O4S. The van der Waals surface area contributed by atoms with Gasteiger partial charge in [0.15, 0.2) is 5.11 Å². The Morgan fingerprint density at radius 2 is 1.70 bits per heavy atom. The van der Waals surface area contributed by atoms with Gasteiger partial charge in [0.25, 0.3) is 0 Å². The summed E-state index contributed by atoms with van der Waals surface area (Å²) in [6.07, 6.45) is -1.66. The van der Waals surface area contributed by atoms with Crippen molar-refractivity contribution in [1.29, 1.82) is 0 Å². The molecule has 2 aromatic carbocycles. The molecule has 1 saturated heterocycles. The van der Waals surface area contributed by atoms with Gasteiger partial charge in [0.05, 0.1) is 17.5 Å². The second kappa shape index (κ2) is 18.8. The number of H-pyrrole nitrogens is 1. The molecule has 2 aliphatic rings. The Balaban J connectivity index is 1.42. The molecule has 306 valence electrons. The first-order valence-corrected chi connectivity index (χ1v) is 20.0. The Morgan fingerprint density at radius 3 is 2.38 bits per heavy atom. The zero-order valence-corrected chi connectivity index (χ0v) is 33.3. The predicted molar refractivity (Wildman–Crippen MR) is 211 cm³/mol. The molecule has 1 fully saturated rings. The molecule has 0 saturated carbocycles. The lowest BCUT2D eigenvalue weighted by atomic mass is 9.78. The molecule has 1 aromatic heterocycles. The van der Waals surface area contributed by atoms with Gasteiger partial charge in [-0.25, -0.2) is 4.39 Å². The van der Waals surface area contributed by atoms with Crippen LogP contribution in [0, 0.1) is 23.6 Å². The SMILES string of the molecule is CCC(C)[C@H](NC(=O)Cc1ccccc1F)C(=O)N[C@]1(C(=O)N[C@H](CNC(=S)NCC2CCOCC2)C(C)CC)CCc2[nH]c3c(C(F)(F)F)cccc3c2C1. The fraction of sp³-hybridized carbons (Fsp3) is 0.561. The van der Waals surface area contributed by atoms with E-state index in [1.165, 1.54) is 24.3 Å². The summed E-state index contributed by atoms with van der Waals surface area (Å²) in [5, 5.41) is 16.2. The number of carbonyl (C=O) groups is 3. The summed E-state index contributed by atoms with van der Waals surface area (Å²) < 4.78 is 62.2. The Bertz CT molecular complexity index is 1860. The third-order valence-corrected chi connectivity index (χ3v) is 11.8. The van der Waals surface area contributed by atoms with Gasteiger partial charge < -0.3 is 36.3 Å². The Morgan fingerprint density at radius 1 is 0.982 bits per heavy atom. The van der Waals surface area contributed by atoms with Crippen molar-refractivity contribution in [1.82, 2.24) is 31.6 Å². The smallest absolute Gasteiger partial charge is 0.381 e. The van der Waals surface area contributed by atoms with E-state index in [2.05, 4.69) is 31.6 Å². The van der Waals surface area contributed by atoms with Crippen molar-refractivity contribution in [2.24, 2.45) is 17.8 Å². The molecule has 56 heavy (non-hydrogen) atoms. The van der Waals surface area contributed by atoms with E-state index >= 15 is 0 Å². The number of fused-ring (bicyclic) bond motifs is 3. The van der Waals surface area contributed by atoms with Crippen LogP contribution in [0.15, 0.2) is 42.5 Å². The van der Waals surface area contributed by atoms with Gasteiger partial charge in [-0.15, -0.1) is 0 Å². The number of hydrogen-bond acceptors (Lipinski definition) is 5. The van der Waals surface area contributed by atoms with Gasteiger partial charge in [0.2, 0.25) is 17.7 Å². The van der Waals surface area contributed by atoms with Crippen LogP contribution in [0.25, 0.3) is 10.9 Å². The average molecular weight is 803 g/mol. The number of carbonyl (C=O) groups excluding carboxylic acids is 3. The van der Waals surface area contributed by atoms with Crippen LogP contribution in [-0.2, 0) is 44.6 Å². The van der Waals surface area contributed by atoms with Crippen molar-refractivity contribution in [3.63, 3.8) is 0 Å². The lowest BCUT2D eigenvalue weighted by Gasteiger charge is -2.40. The second-order valence-electron chi connectivity index (χ2n) is 15.4. The molecule has 3 aromatic rings. The molecule has 0 spiro atoms. The first kappa shape index (κ1) is 42.9. The predicted octanol–water partition coefficient (Wildman–Crippen LogP) is 5.86. The molecule has 15 heteroatoms. The highest BCUT2D eigenvalue weighted by molar-refractivity contribution is 7.80. The Labute approximate surface area is 331 Å². The molecule has 1 aliphatic carbocycles. The van der Waals surface area contributed by atoms with Gasteiger partial charge in [-0.1, -0.05) is 70.9 Å². The van der Waals surface area contributed by atoms with Crippen molar-refractivity contribution in [3.8, 4) is 0 Å². The van der Waals surface area contributed by atoms with Gasteiger partial charge in [-0.05, 0) is 78.9 Å². The summed E-state index contributed by atoms with van der Waals surface area (Å²) in [6, 6.07) is 8.30.